The molecule has 2 rings (SSSR count). The van der Waals surface area contributed by atoms with E-state index in [-0.39, 0.29) is 6.04 Å². The highest BCUT2D eigenvalue weighted by molar-refractivity contribution is 9.10. The van der Waals surface area contributed by atoms with Crippen LogP contribution in [0.3, 0.4) is 0 Å². The number of pyridine rings is 1. The summed E-state index contributed by atoms with van der Waals surface area (Å²) in [5.41, 5.74) is 7.45. The van der Waals surface area contributed by atoms with Crippen LogP contribution in [0.1, 0.15) is 12.6 Å². The maximum atomic E-state index is 5.75. The van der Waals surface area contributed by atoms with Gasteiger partial charge in [-0.15, -0.1) is 0 Å². The van der Waals surface area contributed by atoms with Crippen molar-refractivity contribution in [3.05, 3.63) is 40.8 Å². The smallest absolute Gasteiger partial charge is 0.178 e. The number of rotatable bonds is 3. The molecule has 0 aliphatic rings. The lowest BCUT2D eigenvalue weighted by molar-refractivity contribution is 0.720. The van der Waals surface area contributed by atoms with Crippen LogP contribution in [0.25, 0.3) is 11.5 Å². The Labute approximate surface area is 108 Å². The summed E-state index contributed by atoms with van der Waals surface area (Å²) in [5, 5.41) is 0. The standard InChI is InChI=1S/C12H13BrN4/c1-8(14)6-10-4-5-15-12(17-10)11-3-2-9(13)7-16-11/h2-5,7-8H,6,14H2,1H3. The fourth-order valence-electron chi connectivity index (χ4n) is 1.47. The van der Waals surface area contributed by atoms with Crippen molar-refractivity contribution in [2.24, 2.45) is 5.73 Å². The molecule has 2 heterocycles. The van der Waals surface area contributed by atoms with E-state index in [1.165, 1.54) is 0 Å². The molecular weight excluding hydrogens is 280 g/mol. The van der Waals surface area contributed by atoms with Crippen LogP contribution >= 0.6 is 15.9 Å². The van der Waals surface area contributed by atoms with Gasteiger partial charge in [0.15, 0.2) is 5.82 Å². The van der Waals surface area contributed by atoms with Gasteiger partial charge in [0.25, 0.3) is 0 Å². The van der Waals surface area contributed by atoms with E-state index in [4.69, 9.17) is 5.73 Å². The van der Waals surface area contributed by atoms with Crippen molar-refractivity contribution < 1.29 is 0 Å². The number of hydrogen-bond acceptors (Lipinski definition) is 4. The lowest BCUT2D eigenvalue weighted by Crippen LogP contribution is -2.18. The molecule has 0 aromatic carbocycles. The van der Waals surface area contributed by atoms with Crippen LogP contribution in [-0.2, 0) is 6.42 Å². The minimum Gasteiger partial charge on any atom is -0.328 e. The van der Waals surface area contributed by atoms with Gasteiger partial charge in [-0.3, -0.25) is 4.98 Å². The van der Waals surface area contributed by atoms with Gasteiger partial charge < -0.3 is 5.73 Å². The minimum absolute atomic E-state index is 0.0932. The zero-order valence-corrected chi connectivity index (χ0v) is 11.1. The molecule has 88 valence electrons. The average molecular weight is 293 g/mol. The van der Waals surface area contributed by atoms with Crippen LogP contribution < -0.4 is 5.73 Å². The van der Waals surface area contributed by atoms with Gasteiger partial charge in [0.1, 0.15) is 5.69 Å². The molecule has 0 aliphatic carbocycles. The molecule has 0 aliphatic heterocycles. The first-order chi connectivity index (χ1) is 8.15. The molecule has 0 saturated carbocycles. The molecule has 1 unspecified atom stereocenters. The van der Waals surface area contributed by atoms with E-state index in [0.717, 1.165) is 22.3 Å². The molecule has 5 heteroatoms. The van der Waals surface area contributed by atoms with E-state index in [2.05, 4.69) is 30.9 Å². The normalized spacial score (nSPS) is 12.4. The molecule has 0 amide bonds. The van der Waals surface area contributed by atoms with Gasteiger partial charge in [-0.25, -0.2) is 9.97 Å². The summed E-state index contributed by atoms with van der Waals surface area (Å²) in [6.45, 7) is 1.96. The molecule has 2 aromatic heterocycles. The summed E-state index contributed by atoms with van der Waals surface area (Å²) in [5.74, 6) is 0.635. The Morgan fingerprint density at radius 2 is 2.12 bits per heavy atom. The number of nitrogens with two attached hydrogens (primary N) is 1. The third-order valence-corrected chi connectivity index (χ3v) is 2.67. The van der Waals surface area contributed by atoms with E-state index in [1.807, 2.05) is 25.1 Å². The van der Waals surface area contributed by atoms with Gasteiger partial charge >= 0.3 is 0 Å². The van der Waals surface area contributed by atoms with Crippen molar-refractivity contribution in [2.75, 3.05) is 0 Å². The van der Waals surface area contributed by atoms with E-state index >= 15 is 0 Å². The Kier molecular flexibility index (Phi) is 3.81. The second-order valence-electron chi connectivity index (χ2n) is 3.91. The number of halogens is 1. The Morgan fingerprint density at radius 1 is 1.29 bits per heavy atom. The molecular formula is C12H13BrN4. The summed E-state index contributed by atoms with van der Waals surface area (Å²) < 4.78 is 0.938. The van der Waals surface area contributed by atoms with Crippen molar-refractivity contribution in [3.8, 4) is 11.5 Å². The Hall–Kier alpha value is -1.33. The first-order valence-corrected chi connectivity index (χ1v) is 6.14. The molecule has 2 N–H and O–H groups in total. The van der Waals surface area contributed by atoms with Gasteiger partial charge in [-0.1, -0.05) is 0 Å². The topological polar surface area (TPSA) is 64.7 Å². The SMILES string of the molecule is CC(N)Cc1ccnc(-c2ccc(Br)cn2)n1. The zero-order chi connectivity index (χ0) is 12.3. The third-order valence-electron chi connectivity index (χ3n) is 2.20. The van der Waals surface area contributed by atoms with Gasteiger partial charge in [0, 0.05) is 35.0 Å². The second-order valence-corrected chi connectivity index (χ2v) is 4.83. The van der Waals surface area contributed by atoms with Crippen molar-refractivity contribution in [1.29, 1.82) is 0 Å². The largest absolute Gasteiger partial charge is 0.328 e. The highest BCUT2D eigenvalue weighted by Gasteiger charge is 2.05. The van der Waals surface area contributed by atoms with Gasteiger partial charge in [0.2, 0.25) is 0 Å². The molecule has 17 heavy (non-hydrogen) atoms. The quantitative estimate of drug-likeness (QED) is 0.942. The van der Waals surface area contributed by atoms with Crippen LogP contribution in [0.15, 0.2) is 35.1 Å². The van der Waals surface area contributed by atoms with E-state index in [9.17, 15) is 0 Å². The van der Waals surface area contributed by atoms with Crippen LogP contribution in [0.4, 0.5) is 0 Å². The zero-order valence-electron chi connectivity index (χ0n) is 9.47. The Morgan fingerprint density at radius 3 is 2.76 bits per heavy atom. The molecule has 0 fully saturated rings. The van der Waals surface area contributed by atoms with Crippen molar-refractivity contribution >= 4 is 15.9 Å². The van der Waals surface area contributed by atoms with E-state index in [1.54, 1.807) is 12.4 Å². The van der Waals surface area contributed by atoms with Gasteiger partial charge in [-0.05, 0) is 41.1 Å². The summed E-state index contributed by atoms with van der Waals surface area (Å²) in [6.07, 6.45) is 4.22. The summed E-state index contributed by atoms with van der Waals surface area (Å²) in [4.78, 5) is 12.9. The first-order valence-electron chi connectivity index (χ1n) is 5.34. The maximum absolute atomic E-state index is 5.75. The number of aromatic nitrogens is 3. The van der Waals surface area contributed by atoms with Crippen molar-refractivity contribution in [3.63, 3.8) is 0 Å². The molecule has 2 aromatic rings. The minimum atomic E-state index is 0.0932. The fourth-order valence-corrected chi connectivity index (χ4v) is 1.71. The summed E-state index contributed by atoms with van der Waals surface area (Å²) >= 11 is 3.35. The lowest BCUT2D eigenvalue weighted by atomic mass is 10.2. The molecule has 0 radical (unpaired) electrons. The molecule has 4 nitrogen and oxygen atoms in total. The predicted molar refractivity (Wildman–Crippen MR) is 70.3 cm³/mol. The van der Waals surface area contributed by atoms with Crippen LogP contribution in [-0.4, -0.2) is 21.0 Å². The lowest BCUT2D eigenvalue weighted by Gasteiger charge is -2.05. The highest BCUT2D eigenvalue weighted by Crippen LogP contribution is 2.15. The van der Waals surface area contributed by atoms with Crippen LogP contribution in [0.5, 0.6) is 0 Å². The highest BCUT2D eigenvalue weighted by atomic mass is 79.9. The van der Waals surface area contributed by atoms with Crippen LogP contribution in [0, 0.1) is 0 Å². The Bertz CT molecular complexity index is 496. The second kappa shape index (κ2) is 5.33. The van der Waals surface area contributed by atoms with Crippen LogP contribution in [0.2, 0.25) is 0 Å². The molecule has 0 bridgehead atoms. The molecule has 0 spiro atoms. The first kappa shape index (κ1) is 12.1. The fraction of sp³-hybridized carbons (Fsp3) is 0.250. The Balaban J connectivity index is 2.29. The van der Waals surface area contributed by atoms with Crippen molar-refractivity contribution in [2.45, 2.75) is 19.4 Å². The van der Waals surface area contributed by atoms with E-state index < -0.39 is 0 Å². The summed E-state index contributed by atoms with van der Waals surface area (Å²) in [7, 11) is 0. The average Bonchev–Trinajstić information content (AvgIpc) is 2.29. The number of hydrogen-bond donors (Lipinski definition) is 1. The monoisotopic (exact) mass is 292 g/mol. The number of nitrogens with zero attached hydrogens (tertiary/aromatic N) is 3. The van der Waals surface area contributed by atoms with Gasteiger partial charge in [0.05, 0.1) is 0 Å². The van der Waals surface area contributed by atoms with Crippen molar-refractivity contribution in [1.82, 2.24) is 15.0 Å². The predicted octanol–water partition coefficient (Wildman–Crippen LogP) is 2.19. The van der Waals surface area contributed by atoms with Gasteiger partial charge in [-0.2, -0.15) is 0 Å². The third kappa shape index (κ3) is 3.31. The molecule has 0 saturated heterocycles. The van der Waals surface area contributed by atoms with E-state index in [0.29, 0.717) is 5.82 Å². The summed E-state index contributed by atoms with van der Waals surface area (Å²) in [6, 6.07) is 5.78. The molecule has 1 atom stereocenters. The maximum Gasteiger partial charge on any atom is 0.178 e.